The Kier molecular flexibility index (Phi) is 6.54. The second kappa shape index (κ2) is 9.50. The molecule has 0 atom stereocenters. The van der Waals surface area contributed by atoms with Crippen molar-refractivity contribution < 1.29 is 4.79 Å². The number of nitrogens with one attached hydrogen (secondary N) is 3. The molecule has 0 saturated carbocycles. The van der Waals surface area contributed by atoms with E-state index in [0.717, 1.165) is 66.3 Å². The molecule has 5 rings (SSSR count). The Morgan fingerprint density at radius 1 is 0.968 bits per heavy atom. The number of aryl methyl sites for hydroxylation is 2. The highest BCUT2D eigenvalue weighted by Crippen LogP contribution is 2.28. The number of hydrogen-bond donors (Lipinski definition) is 3. The number of aromatic nitrogens is 2. The Hall–Kier alpha value is -2.89. The van der Waals surface area contributed by atoms with Crippen LogP contribution in [0.4, 0.5) is 0 Å². The molecule has 4 aromatic rings. The summed E-state index contributed by atoms with van der Waals surface area (Å²) < 4.78 is 0. The molecule has 1 saturated heterocycles. The molecule has 0 spiro atoms. The van der Waals surface area contributed by atoms with Crippen LogP contribution in [0.25, 0.3) is 21.8 Å². The molecule has 1 aliphatic rings. The molecule has 2 aromatic heterocycles. The molecule has 0 aliphatic carbocycles. The Labute approximate surface area is 188 Å². The lowest BCUT2D eigenvalue weighted by atomic mass is 10.0. The SMILES string of the molecule is Cl.O=C(NC1CCNCC1)c1cc2c([nH]c3ccccc32)c(CCc2ccccc2)n1. The van der Waals surface area contributed by atoms with Crippen molar-refractivity contribution in [2.45, 2.75) is 31.7 Å². The standard InChI is InChI=1S/C25H26N4O.ClH/c30-25(27-18-12-14-26-15-13-18)23-16-20-19-8-4-5-9-21(19)29-24(20)22(28-23)11-10-17-6-2-1-3-7-17;/h1-9,16,18,26,29H,10-15H2,(H,27,30);1H. The van der Waals surface area contributed by atoms with Crippen molar-refractivity contribution in [1.29, 1.82) is 0 Å². The first-order valence-corrected chi connectivity index (χ1v) is 10.7. The van der Waals surface area contributed by atoms with Crippen molar-refractivity contribution in [2.75, 3.05) is 13.1 Å². The number of fused-ring (bicyclic) bond motifs is 3. The van der Waals surface area contributed by atoms with Crippen LogP contribution in [0.3, 0.4) is 0 Å². The van der Waals surface area contributed by atoms with Crippen LogP contribution in [-0.2, 0) is 12.8 Å². The van der Waals surface area contributed by atoms with Gasteiger partial charge in [-0.3, -0.25) is 4.79 Å². The van der Waals surface area contributed by atoms with E-state index in [0.29, 0.717) is 5.69 Å². The monoisotopic (exact) mass is 434 g/mol. The number of hydrogen-bond acceptors (Lipinski definition) is 3. The number of piperidine rings is 1. The number of amides is 1. The lowest BCUT2D eigenvalue weighted by Crippen LogP contribution is -2.43. The highest BCUT2D eigenvalue weighted by atomic mass is 35.5. The number of pyridine rings is 1. The second-order valence-corrected chi connectivity index (χ2v) is 8.03. The quantitative estimate of drug-likeness (QED) is 0.436. The number of para-hydroxylation sites is 1. The van der Waals surface area contributed by atoms with E-state index in [4.69, 9.17) is 4.98 Å². The third-order valence-electron chi connectivity index (χ3n) is 5.97. The van der Waals surface area contributed by atoms with Gasteiger partial charge in [-0.15, -0.1) is 12.4 Å². The smallest absolute Gasteiger partial charge is 0.270 e. The number of halogens is 1. The Morgan fingerprint density at radius 2 is 1.71 bits per heavy atom. The van der Waals surface area contributed by atoms with Crippen molar-refractivity contribution >= 4 is 40.1 Å². The minimum Gasteiger partial charge on any atom is -0.353 e. The highest BCUT2D eigenvalue weighted by molar-refractivity contribution is 6.10. The predicted octanol–water partition coefficient (Wildman–Crippen LogP) is 4.40. The van der Waals surface area contributed by atoms with Gasteiger partial charge in [0.15, 0.2) is 0 Å². The highest BCUT2D eigenvalue weighted by Gasteiger charge is 2.20. The van der Waals surface area contributed by atoms with E-state index in [1.807, 2.05) is 24.3 Å². The molecule has 1 amide bonds. The van der Waals surface area contributed by atoms with Crippen LogP contribution in [0.5, 0.6) is 0 Å². The van der Waals surface area contributed by atoms with Gasteiger partial charge in [0.25, 0.3) is 5.91 Å². The van der Waals surface area contributed by atoms with Gasteiger partial charge >= 0.3 is 0 Å². The molecule has 31 heavy (non-hydrogen) atoms. The fraction of sp³-hybridized carbons (Fsp3) is 0.280. The van der Waals surface area contributed by atoms with Gasteiger partial charge in [-0.1, -0.05) is 48.5 Å². The van der Waals surface area contributed by atoms with Crippen LogP contribution in [-0.4, -0.2) is 35.0 Å². The summed E-state index contributed by atoms with van der Waals surface area (Å²) in [4.78, 5) is 21.4. The summed E-state index contributed by atoms with van der Waals surface area (Å²) in [7, 11) is 0. The molecule has 1 aliphatic heterocycles. The molecular weight excluding hydrogens is 408 g/mol. The summed E-state index contributed by atoms with van der Waals surface area (Å²) in [5.74, 6) is -0.0740. The summed E-state index contributed by atoms with van der Waals surface area (Å²) in [6, 6.07) is 20.8. The van der Waals surface area contributed by atoms with Crippen LogP contribution in [0.1, 0.15) is 34.6 Å². The van der Waals surface area contributed by atoms with Gasteiger partial charge in [0.2, 0.25) is 0 Å². The largest absolute Gasteiger partial charge is 0.353 e. The minimum absolute atomic E-state index is 0. The van der Waals surface area contributed by atoms with Crippen molar-refractivity contribution in [3.05, 3.63) is 77.6 Å². The molecular formula is C25H27ClN4O. The number of carbonyl (C=O) groups excluding carboxylic acids is 1. The average molecular weight is 435 g/mol. The van der Waals surface area contributed by atoms with Crippen LogP contribution >= 0.6 is 12.4 Å². The van der Waals surface area contributed by atoms with E-state index in [1.165, 1.54) is 5.56 Å². The number of carbonyl (C=O) groups is 1. The number of nitrogens with zero attached hydrogens (tertiary/aromatic N) is 1. The van der Waals surface area contributed by atoms with Gasteiger partial charge in [-0.2, -0.15) is 0 Å². The molecule has 160 valence electrons. The third kappa shape index (κ3) is 4.58. The Morgan fingerprint density at radius 3 is 2.52 bits per heavy atom. The number of H-pyrrole nitrogens is 1. The van der Waals surface area contributed by atoms with Crippen molar-refractivity contribution in [3.63, 3.8) is 0 Å². The summed E-state index contributed by atoms with van der Waals surface area (Å²) >= 11 is 0. The number of benzene rings is 2. The first-order chi connectivity index (χ1) is 14.8. The second-order valence-electron chi connectivity index (χ2n) is 8.03. The molecule has 3 heterocycles. The lowest BCUT2D eigenvalue weighted by molar-refractivity contribution is 0.0924. The van der Waals surface area contributed by atoms with Crippen molar-refractivity contribution in [2.24, 2.45) is 0 Å². The van der Waals surface area contributed by atoms with E-state index < -0.39 is 0 Å². The molecule has 5 nitrogen and oxygen atoms in total. The first-order valence-electron chi connectivity index (χ1n) is 10.7. The van der Waals surface area contributed by atoms with Crippen LogP contribution in [0, 0.1) is 0 Å². The van der Waals surface area contributed by atoms with E-state index >= 15 is 0 Å². The maximum atomic E-state index is 13.0. The molecule has 1 fully saturated rings. The van der Waals surface area contributed by atoms with E-state index in [-0.39, 0.29) is 24.4 Å². The summed E-state index contributed by atoms with van der Waals surface area (Å²) in [5, 5.41) is 8.73. The van der Waals surface area contributed by atoms with E-state index in [1.54, 1.807) is 0 Å². The normalized spacial score (nSPS) is 14.5. The number of aromatic amines is 1. The summed E-state index contributed by atoms with van der Waals surface area (Å²) in [5.41, 5.74) is 4.83. The van der Waals surface area contributed by atoms with Gasteiger partial charge in [0, 0.05) is 22.3 Å². The van der Waals surface area contributed by atoms with Crippen LogP contribution in [0.2, 0.25) is 0 Å². The van der Waals surface area contributed by atoms with Gasteiger partial charge in [0.1, 0.15) is 5.69 Å². The minimum atomic E-state index is -0.0740. The van der Waals surface area contributed by atoms with Gasteiger partial charge in [-0.05, 0) is 56.5 Å². The van der Waals surface area contributed by atoms with E-state index in [2.05, 4.69) is 52.0 Å². The zero-order chi connectivity index (χ0) is 20.3. The average Bonchev–Trinajstić information content (AvgIpc) is 3.18. The molecule has 0 unspecified atom stereocenters. The fourth-order valence-corrected chi connectivity index (χ4v) is 4.34. The Balaban J connectivity index is 0.00000231. The number of rotatable bonds is 5. The third-order valence-corrected chi connectivity index (χ3v) is 5.97. The molecule has 0 radical (unpaired) electrons. The Bertz CT molecular complexity index is 1180. The lowest BCUT2D eigenvalue weighted by Gasteiger charge is -2.23. The zero-order valence-electron chi connectivity index (χ0n) is 17.4. The fourth-order valence-electron chi connectivity index (χ4n) is 4.34. The van der Waals surface area contributed by atoms with Gasteiger partial charge in [-0.25, -0.2) is 4.98 Å². The first kappa shape index (κ1) is 21.3. The molecule has 2 aromatic carbocycles. The van der Waals surface area contributed by atoms with Crippen molar-refractivity contribution in [3.8, 4) is 0 Å². The van der Waals surface area contributed by atoms with E-state index in [9.17, 15) is 4.79 Å². The summed E-state index contributed by atoms with van der Waals surface area (Å²) in [6.45, 7) is 1.89. The summed E-state index contributed by atoms with van der Waals surface area (Å²) in [6.07, 6.45) is 3.59. The molecule has 0 bridgehead atoms. The van der Waals surface area contributed by atoms with Crippen molar-refractivity contribution in [1.82, 2.24) is 20.6 Å². The predicted molar refractivity (Wildman–Crippen MR) is 128 cm³/mol. The van der Waals surface area contributed by atoms with Crippen LogP contribution < -0.4 is 10.6 Å². The maximum Gasteiger partial charge on any atom is 0.270 e. The van der Waals surface area contributed by atoms with Gasteiger partial charge < -0.3 is 15.6 Å². The topological polar surface area (TPSA) is 69.8 Å². The molecule has 6 heteroatoms. The van der Waals surface area contributed by atoms with Gasteiger partial charge in [0.05, 0.1) is 11.2 Å². The van der Waals surface area contributed by atoms with Crippen LogP contribution in [0.15, 0.2) is 60.7 Å². The zero-order valence-corrected chi connectivity index (χ0v) is 18.2. The molecule has 3 N–H and O–H groups in total. The maximum absolute atomic E-state index is 13.0.